The molecule has 0 radical (unpaired) electrons. The molecule has 0 bridgehead atoms. The third kappa shape index (κ3) is 3.67. The average Bonchev–Trinajstić information content (AvgIpc) is 3.38. The minimum atomic E-state index is -0.186. The number of para-hydroxylation sites is 1. The van der Waals surface area contributed by atoms with Gasteiger partial charge in [-0.1, -0.05) is 24.3 Å². The fourth-order valence-corrected chi connectivity index (χ4v) is 4.09. The zero-order chi connectivity index (χ0) is 21.1. The minimum absolute atomic E-state index is 0.186. The van der Waals surface area contributed by atoms with E-state index >= 15 is 0 Å². The Hall–Kier alpha value is -3.58. The number of hydrogen-bond donors (Lipinski definition) is 2. The zero-order valence-corrected chi connectivity index (χ0v) is 17.7. The molecule has 0 unspecified atom stereocenters. The molecule has 2 aromatic heterocycles. The van der Waals surface area contributed by atoms with Crippen LogP contribution in [-0.2, 0) is 0 Å². The van der Waals surface area contributed by atoms with E-state index in [2.05, 4.69) is 15.5 Å². The largest absolute Gasteiger partial charge is 0.493 e. The van der Waals surface area contributed by atoms with Crippen molar-refractivity contribution in [3.8, 4) is 11.5 Å². The first-order valence-electron chi connectivity index (χ1n) is 9.34. The molecule has 30 heavy (non-hydrogen) atoms. The van der Waals surface area contributed by atoms with Gasteiger partial charge in [0.05, 0.1) is 36.0 Å². The number of benzene rings is 2. The Morgan fingerprint density at radius 2 is 1.93 bits per heavy atom. The number of ether oxygens (including phenoxy) is 2. The van der Waals surface area contributed by atoms with Gasteiger partial charge in [-0.05, 0) is 48.2 Å². The van der Waals surface area contributed by atoms with Crippen molar-refractivity contribution in [2.24, 2.45) is 0 Å². The molecule has 2 aromatic carbocycles. The molecule has 0 spiro atoms. The van der Waals surface area contributed by atoms with E-state index in [-0.39, 0.29) is 5.91 Å². The predicted molar refractivity (Wildman–Crippen MR) is 122 cm³/mol. The van der Waals surface area contributed by atoms with Crippen molar-refractivity contribution in [3.63, 3.8) is 0 Å². The highest BCUT2D eigenvalue weighted by Gasteiger charge is 2.19. The first-order valence-corrected chi connectivity index (χ1v) is 10.2. The SMILES string of the molecule is COc1ccc(C=Cc2n[nH]c3ccccc23)c(NC(=O)c2sccc2C)c1OC. The molecule has 0 aliphatic rings. The predicted octanol–water partition coefficient (Wildman–Crippen LogP) is 5.37. The van der Waals surface area contributed by atoms with Gasteiger partial charge in [0, 0.05) is 10.9 Å². The van der Waals surface area contributed by atoms with Crippen LogP contribution >= 0.6 is 11.3 Å². The third-order valence-corrected chi connectivity index (χ3v) is 5.82. The molecule has 4 rings (SSSR count). The minimum Gasteiger partial charge on any atom is -0.493 e. The second-order valence-electron chi connectivity index (χ2n) is 6.64. The number of aromatic nitrogens is 2. The van der Waals surface area contributed by atoms with E-state index in [1.54, 1.807) is 14.2 Å². The van der Waals surface area contributed by atoms with Crippen LogP contribution < -0.4 is 14.8 Å². The van der Waals surface area contributed by atoms with Gasteiger partial charge >= 0.3 is 0 Å². The van der Waals surface area contributed by atoms with Gasteiger partial charge in [0.1, 0.15) is 0 Å². The number of hydrogen-bond acceptors (Lipinski definition) is 5. The standard InChI is InChI=1S/C23H21N3O3S/c1-14-12-13-30-22(14)23(27)24-20-15(9-11-19(28-2)21(20)29-3)8-10-18-16-6-4-5-7-17(16)25-26-18/h4-13H,1-3H3,(H,24,27)(H,25,26). The number of rotatable bonds is 6. The first kappa shape index (κ1) is 19.7. The summed E-state index contributed by atoms with van der Waals surface area (Å²) in [5, 5.41) is 13.3. The second-order valence-corrected chi connectivity index (χ2v) is 7.56. The molecule has 0 atom stereocenters. The maximum absolute atomic E-state index is 12.9. The maximum atomic E-state index is 12.9. The lowest BCUT2D eigenvalue weighted by atomic mass is 10.1. The third-order valence-electron chi connectivity index (χ3n) is 4.81. The molecule has 152 valence electrons. The van der Waals surface area contributed by atoms with Crippen LogP contribution in [0.1, 0.15) is 26.5 Å². The van der Waals surface area contributed by atoms with Crippen molar-refractivity contribution in [1.29, 1.82) is 0 Å². The van der Waals surface area contributed by atoms with Gasteiger partial charge in [0.2, 0.25) is 0 Å². The van der Waals surface area contributed by atoms with E-state index in [0.29, 0.717) is 22.1 Å². The van der Waals surface area contributed by atoms with Gasteiger partial charge in [-0.15, -0.1) is 11.3 Å². The van der Waals surface area contributed by atoms with E-state index in [1.807, 2.05) is 66.9 Å². The van der Waals surface area contributed by atoms with Gasteiger partial charge in [-0.2, -0.15) is 5.10 Å². The Morgan fingerprint density at radius 3 is 2.67 bits per heavy atom. The van der Waals surface area contributed by atoms with Crippen LogP contribution in [0.4, 0.5) is 5.69 Å². The van der Waals surface area contributed by atoms with Gasteiger partial charge in [0.25, 0.3) is 5.91 Å². The van der Waals surface area contributed by atoms with Crippen LogP contribution in [0.3, 0.4) is 0 Å². The van der Waals surface area contributed by atoms with Gasteiger partial charge in [-0.3, -0.25) is 9.89 Å². The monoisotopic (exact) mass is 419 g/mol. The van der Waals surface area contributed by atoms with Crippen LogP contribution in [0.15, 0.2) is 47.8 Å². The molecule has 6 nitrogen and oxygen atoms in total. The number of aryl methyl sites for hydroxylation is 1. The number of anilines is 1. The zero-order valence-electron chi connectivity index (χ0n) is 16.9. The highest BCUT2D eigenvalue weighted by atomic mass is 32.1. The number of H-pyrrole nitrogens is 1. The topological polar surface area (TPSA) is 76.2 Å². The summed E-state index contributed by atoms with van der Waals surface area (Å²) >= 11 is 1.40. The molecule has 7 heteroatoms. The lowest BCUT2D eigenvalue weighted by Gasteiger charge is -2.16. The van der Waals surface area contributed by atoms with Gasteiger partial charge in [0.15, 0.2) is 11.5 Å². The highest BCUT2D eigenvalue weighted by molar-refractivity contribution is 7.12. The molecule has 1 amide bonds. The van der Waals surface area contributed by atoms with Crippen molar-refractivity contribution in [2.45, 2.75) is 6.92 Å². The first-order chi connectivity index (χ1) is 14.6. The van der Waals surface area contributed by atoms with Crippen molar-refractivity contribution in [1.82, 2.24) is 10.2 Å². The maximum Gasteiger partial charge on any atom is 0.266 e. The van der Waals surface area contributed by atoms with E-state index in [1.165, 1.54) is 11.3 Å². The number of methoxy groups -OCH3 is 2. The van der Waals surface area contributed by atoms with E-state index in [9.17, 15) is 4.79 Å². The molecule has 2 heterocycles. The molecule has 2 N–H and O–H groups in total. The molecule has 0 fully saturated rings. The Balaban J connectivity index is 1.75. The number of amides is 1. The smallest absolute Gasteiger partial charge is 0.266 e. The lowest BCUT2D eigenvalue weighted by molar-refractivity contribution is 0.102. The van der Waals surface area contributed by atoms with Crippen molar-refractivity contribution in [2.75, 3.05) is 19.5 Å². The Bertz CT molecular complexity index is 1240. The molecule has 0 saturated carbocycles. The van der Waals surface area contributed by atoms with Crippen molar-refractivity contribution < 1.29 is 14.3 Å². The summed E-state index contributed by atoms with van der Waals surface area (Å²) in [6, 6.07) is 13.5. The Morgan fingerprint density at radius 1 is 1.10 bits per heavy atom. The molecular weight excluding hydrogens is 398 g/mol. The summed E-state index contributed by atoms with van der Waals surface area (Å²) in [4.78, 5) is 13.5. The molecular formula is C23H21N3O3S. The van der Waals surface area contributed by atoms with E-state index < -0.39 is 0 Å². The summed E-state index contributed by atoms with van der Waals surface area (Å²) in [5.74, 6) is 0.820. The molecule has 0 saturated heterocycles. The molecule has 0 aliphatic heterocycles. The number of carbonyl (C=O) groups excluding carboxylic acids is 1. The quantitative estimate of drug-likeness (QED) is 0.440. The second kappa shape index (κ2) is 8.42. The van der Waals surface area contributed by atoms with Crippen molar-refractivity contribution >= 4 is 46.0 Å². The molecule has 0 aliphatic carbocycles. The van der Waals surface area contributed by atoms with Crippen LogP contribution in [0.5, 0.6) is 11.5 Å². The lowest BCUT2D eigenvalue weighted by Crippen LogP contribution is -2.13. The summed E-state index contributed by atoms with van der Waals surface area (Å²) in [5.41, 5.74) is 4.03. The number of nitrogens with one attached hydrogen (secondary N) is 2. The van der Waals surface area contributed by atoms with Crippen LogP contribution in [0.2, 0.25) is 0 Å². The summed E-state index contributed by atoms with van der Waals surface area (Å²) in [7, 11) is 3.12. The number of carbonyl (C=O) groups is 1. The van der Waals surface area contributed by atoms with E-state index in [4.69, 9.17) is 9.47 Å². The molecule has 4 aromatic rings. The van der Waals surface area contributed by atoms with E-state index in [0.717, 1.165) is 27.7 Å². The van der Waals surface area contributed by atoms with Gasteiger partial charge < -0.3 is 14.8 Å². The van der Waals surface area contributed by atoms with Crippen LogP contribution in [-0.4, -0.2) is 30.3 Å². The summed E-state index contributed by atoms with van der Waals surface area (Å²) < 4.78 is 11.0. The number of thiophene rings is 1. The number of nitrogens with zero attached hydrogens (tertiary/aromatic N) is 1. The normalized spacial score (nSPS) is 11.2. The Labute approximate surface area is 178 Å². The number of aromatic amines is 1. The summed E-state index contributed by atoms with van der Waals surface area (Å²) in [6.07, 6.45) is 3.81. The van der Waals surface area contributed by atoms with Crippen LogP contribution in [0, 0.1) is 6.92 Å². The fourth-order valence-electron chi connectivity index (χ4n) is 3.27. The number of fused-ring (bicyclic) bond motifs is 1. The highest BCUT2D eigenvalue weighted by Crippen LogP contribution is 2.39. The average molecular weight is 420 g/mol. The van der Waals surface area contributed by atoms with Crippen LogP contribution in [0.25, 0.3) is 23.1 Å². The Kier molecular flexibility index (Phi) is 5.54. The van der Waals surface area contributed by atoms with Gasteiger partial charge in [-0.25, -0.2) is 0 Å². The fraction of sp³-hybridized carbons (Fsp3) is 0.130. The summed E-state index contributed by atoms with van der Waals surface area (Å²) in [6.45, 7) is 1.91. The van der Waals surface area contributed by atoms with Crippen molar-refractivity contribution in [3.05, 3.63) is 69.5 Å².